The standard InChI is InChI=1S/C16H18N2O2/c1-18(11-13-3-2-4-15(19)9-13)16(20)10-12-5-7-14(17)8-6-12/h2-9,19H,10-11,17H2,1H3. The zero-order valence-electron chi connectivity index (χ0n) is 11.4. The van der Waals surface area contributed by atoms with E-state index in [9.17, 15) is 9.90 Å². The number of rotatable bonds is 4. The molecule has 20 heavy (non-hydrogen) atoms. The molecule has 104 valence electrons. The van der Waals surface area contributed by atoms with Gasteiger partial charge < -0.3 is 15.7 Å². The van der Waals surface area contributed by atoms with E-state index in [-0.39, 0.29) is 11.7 Å². The van der Waals surface area contributed by atoms with Gasteiger partial charge in [-0.3, -0.25) is 4.79 Å². The van der Waals surface area contributed by atoms with Gasteiger partial charge in [-0.2, -0.15) is 0 Å². The van der Waals surface area contributed by atoms with Crippen molar-refractivity contribution in [3.8, 4) is 5.75 Å². The van der Waals surface area contributed by atoms with Gasteiger partial charge in [0.05, 0.1) is 6.42 Å². The molecule has 3 N–H and O–H groups in total. The molecular formula is C16H18N2O2. The number of nitrogens with two attached hydrogens (primary N) is 1. The Morgan fingerprint density at radius 2 is 1.85 bits per heavy atom. The van der Waals surface area contributed by atoms with E-state index in [1.165, 1.54) is 0 Å². The predicted octanol–water partition coefficient (Wildman–Crippen LogP) is 2.18. The lowest BCUT2D eigenvalue weighted by Crippen LogP contribution is -2.27. The Bertz CT molecular complexity index is 594. The molecule has 4 heteroatoms. The zero-order valence-corrected chi connectivity index (χ0v) is 11.4. The van der Waals surface area contributed by atoms with Crippen LogP contribution in [0.1, 0.15) is 11.1 Å². The minimum absolute atomic E-state index is 0.0260. The van der Waals surface area contributed by atoms with Crippen LogP contribution < -0.4 is 5.73 Å². The zero-order chi connectivity index (χ0) is 14.5. The van der Waals surface area contributed by atoms with Crippen molar-refractivity contribution in [1.82, 2.24) is 4.90 Å². The fraction of sp³-hybridized carbons (Fsp3) is 0.188. The molecule has 4 nitrogen and oxygen atoms in total. The van der Waals surface area contributed by atoms with E-state index in [4.69, 9.17) is 5.73 Å². The summed E-state index contributed by atoms with van der Waals surface area (Å²) in [5, 5.41) is 9.41. The number of hydrogen-bond acceptors (Lipinski definition) is 3. The van der Waals surface area contributed by atoms with E-state index < -0.39 is 0 Å². The highest BCUT2D eigenvalue weighted by molar-refractivity contribution is 5.78. The molecule has 0 aliphatic heterocycles. The highest BCUT2D eigenvalue weighted by Gasteiger charge is 2.10. The van der Waals surface area contributed by atoms with Crippen LogP contribution >= 0.6 is 0 Å². The number of nitrogens with zero attached hydrogens (tertiary/aromatic N) is 1. The van der Waals surface area contributed by atoms with Gasteiger partial charge >= 0.3 is 0 Å². The number of nitrogen functional groups attached to an aromatic ring is 1. The van der Waals surface area contributed by atoms with E-state index in [0.717, 1.165) is 11.1 Å². The largest absolute Gasteiger partial charge is 0.508 e. The predicted molar refractivity (Wildman–Crippen MR) is 79.1 cm³/mol. The lowest BCUT2D eigenvalue weighted by atomic mass is 10.1. The summed E-state index contributed by atoms with van der Waals surface area (Å²) in [5.41, 5.74) is 8.14. The number of hydrogen-bond donors (Lipinski definition) is 2. The van der Waals surface area contributed by atoms with Crippen LogP contribution in [0.4, 0.5) is 5.69 Å². The highest BCUT2D eigenvalue weighted by atomic mass is 16.3. The van der Waals surface area contributed by atoms with Crippen molar-refractivity contribution in [1.29, 1.82) is 0 Å². The molecule has 0 bridgehead atoms. The van der Waals surface area contributed by atoms with Crippen molar-refractivity contribution in [2.45, 2.75) is 13.0 Å². The summed E-state index contributed by atoms with van der Waals surface area (Å²) in [6, 6.07) is 14.2. The van der Waals surface area contributed by atoms with Crippen LogP contribution in [0.15, 0.2) is 48.5 Å². The topological polar surface area (TPSA) is 66.6 Å². The highest BCUT2D eigenvalue weighted by Crippen LogP contribution is 2.13. The number of amides is 1. The van der Waals surface area contributed by atoms with Gasteiger partial charge in [0.2, 0.25) is 5.91 Å². The van der Waals surface area contributed by atoms with Crippen molar-refractivity contribution in [2.75, 3.05) is 12.8 Å². The second-order valence-electron chi connectivity index (χ2n) is 4.84. The maximum atomic E-state index is 12.1. The lowest BCUT2D eigenvalue weighted by molar-refractivity contribution is -0.129. The third-order valence-electron chi connectivity index (χ3n) is 3.09. The number of carbonyl (C=O) groups is 1. The minimum atomic E-state index is 0.0260. The Morgan fingerprint density at radius 1 is 1.15 bits per heavy atom. The molecule has 2 rings (SSSR count). The van der Waals surface area contributed by atoms with Crippen LogP contribution in [-0.2, 0) is 17.8 Å². The average Bonchev–Trinajstić information content (AvgIpc) is 2.41. The number of likely N-dealkylation sites (N-methyl/N-ethyl adjacent to an activating group) is 1. The van der Waals surface area contributed by atoms with Crippen molar-refractivity contribution < 1.29 is 9.90 Å². The summed E-state index contributed by atoms with van der Waals surface area (Å²) in [6.07, 6.45) is 0.343. The molecule has 2 aromatic rings. The lowest BCUT2D eigenvalue weighted by Gasteiger charge is -2.17. The molecule has 0 unspecified atom stereocenters. The van der Waals surface area contributed by atoms with Crippen molar-refractivity contribution in [2.24, 2.45) is 0 Å². The third-order valence-corrected chi connectivity index (χ3v) is 3.09. The van der Waals surface area contributed by atoms with Crippen molar-refractivity contribution in [3.05, 3.63) is 59.7 Å². The molecule has 0 spiro atoms. The summed E-state index contributed by atoms with van der Waals surface area (Å²) in [6.45, 7) is 0.474. The first-order chi connectivity index (χ1) is 9.54. The second kappa shape index (κ2) is 6.10. The quantitative estimate of drug-likeness (QED) is 0.837. The van der Waals surface area contributed by atoms with Gasteiger partial charge in [-0.25, -0.2) is 0 Å². The number of carbonyl (C=O) groups excluding carboxylic acids is 1. The van der Waals surface area contributed by atoms with Crippen molar-refractivity contribution >= 4 is 11.6 Å². The number of benzene rings is 2. The summed E-state index contributed by atoms with van der Waals surface area (Å²) in [4.78, 5) is 13.8. The number of anilines is 1. The van der Waals surface area contributed by atoms with Crippen molar-refractivity contribution in [3.63, 3.8) is 0 Å². The first kappa shape index (κ1) is 13.9. The average molecular weight is 270 g/mol. The fourth-order valence-electron chi connectivity index (χ4n) is 1.96. The minimum Gasteiger partial charge on any atom is -0.508 e. The maximum Gasteiger partial charge on any atom is 0.227 e. The van der Waals surface area contributed by atoms with Crippen LogP contribution in [-0.4, -0.2) is 23.0 Å². The monoisotopic (exact) mass is 270 g/mol. The van der Waals surface area contributed by atoms with Gasteiger partial charge in [0.1, 0.15) is 5.75 Å². The SMILES string of the molecule is CN(Cc1cccc(O)c1)C(=O)Cc1ccc(N)cc1. The summed E-state index contributed by atoms with van der Waals surface area (Å²) in [7, 11) is 1.75. The smallest absolute Gasteiger partial charge is 0.227 e. The summed E-state index contributed by atoms with van der Waals surface area (Å²) >= 11 is 0. The first-order valence-electron chi connectivity index (χ1n) is 6.41. The van der Waals surface area contributed by atoms with Gasteiger partial charge in [0.15, 0.2) is 0 Å². The normalized spacial score (nSPS) is 10.2. The van der Waals surface area contributed by atoms with E-state index in [2.05, 4.69) is 0 Å². The number of phenols is 1. The van der Waals surface area contributed by atoms with E-state index in [1.807, 2.05) is 18.2 Å². The number of phenolic OH excluding ortho intramolecular Hbond substituents is 1. The second-order valence-corrected chi connectivity index (χ2v) is 4.84. The Balaban J connectivity index is 1.96. The molecule has 2 aromatic carbocycles. The molecule has 0 saturated heterocycles. The molecule has 0 saturated carbocycles. The maximum absolute atomic E-state index is 12.1. The van der Waals surface area contributed by atoms with E-state index in [1.54, 1.807) is 42.3 Å². The summed E-state index contributed by atoms with van der Waals surface area (Å²) in [5.74, 6) is 0.236. The van der Waals surface area contributed by atoms with Crippen LogP contribution in [0.3, 0.4) is 0 Å². The van der Waals surface area contributed by atoms with Gasteiger partial charge in [0, 0.05) is 19.3 Å². The Morgan fingerprint density at radius 3 is 2.50 bits per heavy atom. The third kappa shape index (κ3) is 3.75. The molecule has 1 amide bonds. The van der Waals surface area contributed by atoms with Crippen LogP contribution in [0.25, 0.3) is 0 Å². The van der Waals surface area contributed by atoms with Crippen LogP contribution in [0.2, 0.25) is 0 Å². The molecular weight excluding hydrogens is 252 g/mol. The van der Waals surface area contributed by atoms with E-state index in [0.29, 0.717) is 18.7 Å². The van der Waals surface area contributed by atoms with E-state index >= 15 is 0 Å². The molecule has 0 aliphatic carbocycles. The molecule has 0 atom stereocenters. The molecule has 0 radical (unpaired) electrons. The van der Waals surface area contributed by atoms with Gasteiger partial charge in [-0.15, -0.1) is 0 Å². The Kier molecular flexibility index (Phi) is 4.25. The van der Waals surface area contributed by atoms with Crippen LogP contribution in [0.5, 0.6) is 5.75 Å². The Labute approximate surface area is 118 Å². The Hall–Kier alpha value is -2.49. The molecule has 0 fully saturated rings. The molecule has 0 aliphatic rings. The number of aromatic hydroxyl groups is 1. The summed E-state index contributed by atoms with van der Waals surface area (Å²) < 4.78 is 0. The molecule has 0 heterocycles. The van der Waals surface area contributed by atoms with Gasteiger partial charge in [0.25, 0.3) is 0 Å². The first-order valence-corrected chi connectivity index (χ1v) is 6.41. The fourth-order valence-corrected chi connectivity index (χ4v) is 1.96. The molecule has 0 aromatic heterocycles. The van der Waals surface area contributed by atoms with Crippen LogP contribution in [0, 0.1) is 0 Å². The van der Waals surface area contributed by atoms with Gasteiger partial charge in [-0.05, 0) is 35.4 Å². The van der Waals surface area contributed by atoms with Gasteiger partial charge in [-0.1, -0.05) is 24.3 Å².